The van der Waals surface area contributed by atoms with Gasteiger partial charge in [-0.15, -0.1) is 5.10 Å². The summed E-state index contributed by atoms with van der Waals surface area (Å²) in [5.41, 5.74) is 2.23. The summed E-state index contributed by atoms with van der Waals surface area (Å²) in [6, 6.07) is 24.4. The van der Waals surface area contributed by atoms with Gasteiger partial charge >= 0.3 is 5.97 Å². The van der Waals surface area contributed by atoms with E-state index >= 15 is 0 Å². The van der Waals surface area contributed by atoms with Gasteiger partial charge < -0.3 is 10.1 Å². The van der Waals surface area contributed by atoms with E-state index in [1.807, 2.05) is 60.7 Å². The van der Waals surface area contributed by atoms with E-state index in [2.05, 4.69) is 15.4 Å². The highest BCUT2D eigenvalue weighted by Gasteiger charge is 2.24. The summed E-state index contributed by atoms with van der Waals surface area (Å²) in [6.45, 7) is 1.64. The quantitative estimate of drug-likeness (QED) is 0.437. The number of para-hydroxylation sites is 1. The lowest BCUT2D eigenvalue weighted by Crippen LogP contribution is -2.35. The van der Waals surface area contributed by atoms with E-state index in [1.54, 1.807) is 16.8 Å². The van der Waals surface area contributed by atoms with Crippen LogP contribution in [-0.4, -0.2) is 32.7 Å². The third-order valence-corrected chi connectivity index (χ3v) is 4.86. The standard InChI is InChI=1S/C25H21FN4O3/c1-17(24(31)27-16-18-12-14-20(26)15-13-18)33-25(32)22-28-23(19-8-4-2-5-9-19)30(29-22)21-10-6-3-7-11-21/h2-15,17H,16H2,1H3,(H,27,31). The molecule has 0 aliphatic rings. The van der Waals surface area contributed by atoms with Crippen molar-refractivity contribution in [3.8, 4) is 17.1 Å². The van der Waals surface area contributed by atoms with Crippen molar-refractivity contribution >= 4 is 11.9 Å². The Hall–Kier alpha value is -4.33. The lowest BCUT2D eigenvalue weighted by atomic mass is 10.2. The molecule has 1 N–H and O–H groups in total. The van der Waals surface area contributed by atoms with Crippen LogP contribution in [0.15, 0.2) is 84.9 Å². The summed E-state index contributed by atoms with van der Waals surface area (Å²) in [4.78, 5) is 29.5. The highest BCUT2D eigenvalue weighted by molar-refractivity contribution is 5.89. The number of nitrogens with one attached hydrogen (secondary N) is 1. The Kier molecular flexibility index (Phi) is 6.54. The van der Waals surface area contributed by atoms with Gasteiger partial charge in [0.15, 0.2) is 11.9 Å². The normalized spacial score (nSPS) is 11.6. The predicted molar refractivity (Wildman–Crippen MR) is 120 cm³/mol. The number of esters is 1. The van der Waals surface area contributed by atoms with Crippen LogP contribution < -0.4 is 5.32 Å². The minimum atomic E-state index is -1.07. The Morgan fingerprint density at radius 1 is 0.970 bits per heavy atom. The fourth-order valence-electron chi connectivity index (χ4n) is 3.12. The van der Waals surface area contributed by atoms with Gasteiger partial charge in [-0.3, -0.25) is 4.79 Å². The van der Waals surface area contributed by atoms with Gasteiger partial charge in [-0.2, -0.15) is 0 Å². The molecule has 3 aromatic carbocycles. The first-order valence-corrected chi connectivity index (χ1v) is 10.3. The van der Waals surface area contributed by atoms with Gasteiger partial charge in [-0.05, 0) is 36.8 Å². The zero-order chi connectivity index (χ0) is 23.2. The Labute approximate surface area is 189 Å². The number of hydrogen-bond acceptors (Lipinski definition) is 5. The minimum Gasteiger partial charge on any atom is -0.447 e. The van der Waals surface area contributed by atoms with Crippen LogP contribution >= 0.6 is 0 Å². The summed E-state index contributed by atoms with van der Waals surface area (Å²) in [6.07, 6.45) is -1.07. The van der Waals surface area contributed by atoms with Crippen LogP contribution in [0.3, 0.4) is 0 Å². The maximum absolute atomic E-state index is 13.0. The number of halogens is 1. The number of aromatic nitrogens is 3. The summed E-state index contributed by atoms with van der Waals surface area (Å²) in [5.74, 6) is -1.34. The molecular formula is C25H21FN4O3. The number of carbonyl (C=O) groups excluding carboxylic acids is 2. The van der Waals surface area contributed by atoms with Crippen molar-refractivity contribution in [3.05, 3.63) is 102 Å². The van der Waals surface area contributed by atoms with Crippen LogP contribution in [0.25, 0.3) is 17.1 Å². The van der Waals surface area contributed by atoms with Crippen molar-refractivity contribution in [3.63, 3.8) is 0 Å². The Balaban J connectivity index is 1.49. The highest BCUT2D eigenvalue weighted by atomic mass is 19.1. The third kappa shape index (κ3) is 5.30. The number of benzene rings is 3. The van der Waals surface area contributed by atoms with E-state index in [0.717, 1.165) is 16.8 Å². The first-order valence-electron chi connectivity index (χ1n) is 10.3. The van der Waals surface area contributed by atoms with Gasteiger partial charge in [-0.1, -0.05) is 60.7 Å². The second kappa shape index (κ2) is 9.86. The van der Waals surface area contributed by atoms with Gasteiger partial charge in [0.05, 0.1) is 5.69 Å². The van der Waals surface area contributed by atoms with E-state index in [0.29, 0.717) is 5.82 Å². The number of hydrogen-bond donors (Lipinski definition) is 1. The summed E-state index contributed by atoms with van der Waals surface area (Å²) in [7, 11) is 0. The van der Waals surface area contributed by atoms with Crippen molar-refractivity contribution in [2.75, 3.05) is 0 Å². The molecule has 8 heteroatoms. The summed E-state index contributed by atoms with van der Waals surface area (Å²) < 4.78 is 19.9. The Bertz CT molecular complexity index is 1180. The molecular weight excluding hydrogens is 423 g/mol. The number of carbonyl (C=O) groups is 2. The third-order valence-electron chi connectivity index (χ3n) is 4.86. The second-order valence-corrected chi connectivity index (χ2v) is 7.26. The molecule has 33 heavy (non-hydrogen) atoms. The SMILES string of the molecule is CC(OC(=O)c1nc(-c2ccccc2)n(-c2ccccc2)n1)C(=O)NCc1ccc(F)cc1. The molecule has 1 amide bonds. The van der Waals surface area contributed by atoms with E-state index in [1.165, 1.54) is 19.1 Å². The maximum Gasteiger partial charge on any atom is 0.379 e. The van der Waals surface area contributed by atoms with Gasteiger partial charge in [0.2, 0.25) is 0 Å². The van der Waals surface area contributed by atoms with Crippen molar-refractivity contribution in [1.29, 1.82) is 0 Å². The topological polar surface area (TPSA) is 86.1 Å². The first kappa shape index (κ1) is 21.9. The van der Waals surface area contributed by atoms with E-state index < -0.39 is 18.0 Å². The smallest absolute Gasteiger partial charge is 0.379 e. The van der Waals surface area contributed by atoms with Crippen molar-refractivity contribution in [2.45, 2.75) is 19.6 Å². The van der Waals surface area contributed by atoms with Crippen LogP contribution in [-0.2, 0) is 16.1 Å². The largest absolute Gasteiger partial charge is 0.447 e. The average molecular weight is 444 g/mol. The second-order valence-electron chi connectivity index (χ2n) is 7.26. The minimum absolute atomic E-state index is 0.157. The zero-order valence-electron chi connectivity index (χ0n) is 17.8. The Morgan fingerprint density at radius 3 is 2.27 bits per heavy atom. The first-order chi connectivity index (χ1) is 16.0. The Morgan fingerprint density at radius 2 is 1.61 bits per heavy atom. The molecule has 0 spiro atoms. The van der Waals surface area contributed by atoms with E-state index in [9.17, 15) is 14.0 Å². The van der Waals surface area contributed by atoms with Crippen LogP contribution in [0, 0.1) is 5.82 Å². The van der Waals surface area contributed by atoms with Crippen molar-refractivity contribution in [2.24, 2.45) is 0 Å². The van der Waals surface area contributed by atoms with E-state index in [-0.39, 0.29) is 18.2 Å². The van der Waals surface area contributed by atoms with Crippen molar-refractivity contribution < 1.29 is 18.7 Å². The number of nitrogens with zero attached hydrogens (tertiary/aromatic N) is 3. The lowest BCUT2D eigenvalue weighted by Gasteiger charge is -2.12. The zero-order valence-corrected chi connectivity index (χ0v) is 17.8. The molecule has 0 aliphatic carbocycles. The maximum atomic E-state index is 13.0. The molecule has 4 aromatic rings. The molecule has 0 aliphatic heterocycles. The molecule has 0 radical (unpaired) electrons. The molecule has 1 unspecified atom stereocenters. The molecule has 4 rings (SSSR count). The van der Waals surface area contributed by atoms with Crippen LogP contribution in [0.2, 0.25) is 0 Å². The fourth-order valence-corrected chi connectivity index (χ4v) is 3.12. The number of rotatable bonds is 7. The molecule has 0 saturated carbocycles. The molecule has 0 bridgehead atoms. The van der Waals surface area contributed by atoms with Gasteiger partial charge in [0.1, 0.15) is 5.82 Å². The van der Waals surface area contributed by atoms with Gasteiger partial charge in [-0.25, -0.2) is 18.9 Å². The number of ether oxygens (including phenoxy) is 1. The predicted octanol–water partition coefficient (Wildman–Crippen LogP) is 3.94. The molecule has 166 valence electrons. The molecule has 1 aromatic heterocycles. The molecule has 0 saturated heterocycles. The summed E-state index contributed by atoms with van der Waals surface area (Å²) in [5, 5.41) is 6.99. The molecule has 1 heterocycles. The number of amides is 1. The fraction of sp³-hybridized carbons (Fsp3) is 0.120. The average Bonchev–Trinajstić information content (AvgIpc) is 3.30. The van der Waals surface area contributed by atoms with Crippen molar-refractivity contribution in [1.82, 2.24) is 20.1 Å². The van der Waals surface area contributed by atoms with Crippen LogP contribution in [0.1, 0.15) is 23.1 Å². The highest BCUT2D eigenvalue weighted by Crippen LogP contribution is 2.21. The molecule has 0 fully saturated rings. The molecule has 1 atom stereocenters. The van der Waals surface area contributed by atoms with Crippen LogP contribution in [0.4, 0.5) is 4.39 Å². The lowest BCUT2D eigenvalue weighted by molar-refractivity contribution is -0.129. The van der Waals surface area contributed by atoms with Gasteiger partial charge in [0.25, 0.3) is 11.7 Å². The van der Waals surface area contributed by atoms with Gasteiger partial charge in [0, 0.05) is 12.1 Å². The van der Waals surface area contributed by atoms with Crippen LogP contribution in [0.5, 0.6) is 0 Å². The monoisotopic (exact) mass is 444 g/mol. The molecule has 7 nitrogen and oxygen atoms in total. The van der Waals surface area contributed by atoms with E-state index in [4.69, 9.17) is 4.74 Å². The summed E-state index contributed by atoms with van der Waals surface area (Å²) >= 11 is 0.